The number of hydrogen-bond donors (Lipinski definition) is 1. The Morgan fingerprint density at radius 1 is 1.18 bits per heavy atom. The van der Waals surface area contributed by atoms with Crippen molar-refractivity contribution in [2.24, 2.45) is 0 Å². The van der Waals surface area contributed by atoms with E-state index in [0.717, 1.165) is 17.0 Å². The lowest BCUT2D eigenvalue weighted by Crippen LogP contribution is -2.28. The Bertz CT molecular complexity index is 1100. The van der Waals surface area contributed by atoms with Crippen molar-refractivity contribution in [3.63, 3.8) is 0 Å². The minimum Gasteiger partial charge on any atom is -0.282 e. The number of halogens is 1. The summed E-state index contributed by atoms with van der Waals surface area (Å²) in [7, 11) is -2.13. The predicted molar refractivity (Wildman–Crippen MR) is 108 cm³/mol. The van der Waals surface area contributed by atoms with Crippen molar-refractivity contribution < 1.29 is 8.42 Å². The third kappa shape index (κ3) is 4.42. The minimum absolute atomic E-state index is 0.0758. The van der Waals surface area contributed by atoms with Crippen LogP contribution in [0.4, 0.5) is 0 Å². The highest BCUT2D eigenvalue weighted by Gasteiger charge is 2.21. The number of nitrogens with zero attached hydrogens (tertiary/aromatic N) is 3. The maximum Gasteiger partial charge on any atom is 0.242 e. The molecule has 3 aromatic rings. The summed E-state index contributed by atoms with van der Waals surface area (Å²) in [6.45, 7) is 0.347. The lowest BCUT2D eigenvalue weighted by atomic mass is 10.1. The van der Waals surface area contributed by atoms with Gasteiger partial charge in [-0.25, -0.2) is 12.7 Å². The zero-order valence-corrected chi connectivity index (χ0v) is 16.8. The fraction of sp³-hybridized carbons (Fsp3) is 0.200. The summed E-state index contributed by atoms with van der Waals surface area (Å²) in [5.74, 6) is 0. The van der Waals surface area contributed by atoms with Gasteiger partial charge in [-0.05, 0) is 37.1 Å². The van der Waals surface area contributed by atoms with Gasteiger partial charge < -0.3 is 0 Å². The quantitative estimate of drug-likeness (QED) is 0.635. The molecule has 28 heavy (non-hydrogen) atoms. The van der Waals surface area contributed by atoms with E-state index in [-0.39, 0.29) is 15.5 Å². The van der Waals surface area contributed by atoms with E-state index in [1.807, 2.05) is 42.5 Å². The zero-order chi connectivity index (χ0) is 20.1. The summed E-state index contributed by atoms with van der Waals surface area (Å²) in [6, 6.07) is 17.9. The van der Waals surface area contributed by atoms with Gasteiger partial charge in [-0.3, -0.25) is 5.10 Å². The van der Waals surface area contributed by atoms with Crippen LogP contribution in [0.25, 0.3) is 11.3 Å². The van der Waals surface area contributed by atoms with Gasteiger partial charge in [0.15, 0.2) is 0 Å². The molecule has 0 bridgehead atoms. The number of nitriles is 1. The van der Waals surface area contributed by atoms with Crippen molar-refractivity contribution in [3.05, 3.63) is 70.9 Å². The Hall–Kier alpha value is -2.66. The number of H-pyrrole nitrogens is 1. The van der Waals surface area contributed by atoms with E-state index < -0.39 is 10.0 Å². The molecule has 1 aromatic heterocycles. The Balaban J connectivity index is 1.61. The van der Waals surface area contributed by atoms with Crippen molar-refractivity contribution in [1.29, 1.82) is 5.26 Å². The van der Waals surface area contributed by atoms with Crippen molar-refractivity contribution >= 4 is 21.6 Å². The van der Waals surface area contributed by atoms with Gasteiger partial charge in [0.25, 0.3) is 0 Å². The van der Waals surface area contributed by atoms with Gasteiger partial charge in [-0.1, -0.05) is 41.9 Å². The normalized spacial score (nSPS) is 11.5. The second kappa shape index (κ2) is 8.57. The van der Waals surface area contributed by atoms with Crippen LogP contribution in [0.2, 0.25) is 5.02 Å². The summed E-state index contributed by atoms with van der Waals surface area (Å²) in [5, 5.41) is 16.4. The zero-order valence-electron chi connectivity index (χ0n) is 15.3. The van der Waals surface area contributed by atoms with Crippen LogP contribution in [0.3, 0.4) is 0 Å². The second-order valence-corrected chi connectivity index (χ2v) is 8.78. The third-order valence-electron chi connectivity index (χ3n) is 4.39. The molecule has 0 saturated carbocycles. The van der Waals surface area contributed by atoms with Crippen molar-refractivity contribution in [2.75, 3.05) is 13.6 Å². The topological polar surface area (TPSA) is 89.8 Å². The predicted octanol–water partition coefficient (Wildman–Crippen LogP) is 3.86. The van der Waals surface area contributed by atoms with Gasteiger partial charge in [0.2, 0.25) is 10.0 Å². The molecule has 8 heteroatoms. The summed E-state index contributed by atoms with van der Waals surface area (Å²) in [4.78, 5) is 0.0758. The van der Waals surface area contributed by atoms with Gasteiger partial charge in [-0.2, -0.15) is 10.4 Å². The van der Waals surface area contributed by atoms with Crippen LogP contribution in [0.5, 0.6) is 0 Å². The molecule has 0 radical (unpaired) electrons. The second-order valence-electron chi connectivity index (χ2n) is 6.33. The summed E-state index contributed by atoms with van der Waals surface area (Å²) in [6.07, 6.45) is 1.31. The maximum absolute atomic E-state index is 12.7. The highest BCUT2D eigenvalue weighted by atomic mass is 35.5. The minimum atomic E-state index is -3.67. The fourth-order valence-corrected chi connectivity index (χ4v) is 4.31. The van der Waals surface area contributed by atoms with Crippen LogP contribution < -0.4 is 0 Å². The van der Waals surface area contributed by atoms with E-state index in [0.29, 0.717) is 19.4 Å². The summed E-state index contributed by atoms with van der Waals surface area (Å²) < 4.78 is 26.7. The molecule has 3 rings (SSSR count). The number of benzene rings is 2. The molecule has 0 aliphatic heterocycles. The van der Waals surface area contributed by atoms with Gasteiger partial charge in [0.05, 0.1) is 21.2 Å². The molecular formula is C20H19ClN4O2S. The van der Waals surface area contributed by atoms with Crippen LogP contribution >= 0.6 is 11.6 Å². The van der Waals surface area contributed by atoms with Gasteiger partial charge in [0, 0.05) is 24.8 Å². The molecule has 0 spiro atoms. The van der Waals surface area contributed by atoms with Gasteiger partial charge in [0.1, 0.15) is 6.07 Å². The molecular weight excluding hydrogens is 396 g/mol. The first kappa shape index (κ1) is 20.1. The van der Waals surface area contributed by atoms with Crippen LogP contribution in [-0.4, -0.2) is 36.5 Å². The first-order valence-electron chi connectivity index (χ1n) is 8.67. The maximum atomic E-state index is 12.7. The first-order valence-corrected chi connectivity index (χ1v) is 10.5. The van der Waals surface area contributed by atoms with E-state index in [9.17, 15) is 8.42 Å². The van der Waals surface area contributed by atoms with E-state index in [4.69, 9.17) is 16.9 Å². The molecule has 144 valence electrons. The molecule has 6 nitrogen and oxygen atoms in total. The summed E-state index contributed by atoms with van der Waals surface area (Å²) >= 11 is 5.96. The average molecular weight is 415 g/mol. The number of aryl methyl sites for hydroxylation is 1. The summed E-state index contributed by atoms with van der Waals surface area (Å²) in [5.41, 5.74) is 3.09. The number of rotatable bonds is 7. The molecule has 0 saturated heterocycles. The number of aromatic nitrogens is 2. The van der Waals surface area contributed by atoms with Crippen molar-refractivity contribution in [2.45, 2.75) is 17.7 Å². The molecule has 1 N–H and O–H groups in total. The highest BCUT2D eigenvalue weighted by Crippen LogP contribution is 2.23. The van der Waals surface area contributed by atoms with Crippen LogP contribution in [0, 0.1) is 11.3 Å². The molecule has 0 fully saturated rings. The first-order chi connectivity index (χ1) is 13.4. The van der Waals surface area contributed by atoms with E-state index in [1.165, 1.54) is 29.6 Å². The third-order valence-corrected chi connectivity index (χ3v) is 6.55. The number of hydrogen-bond acceptors (Lipinski definition) is 4. The molecule has 0 aliphatic rings. The molecule has 0 aliphatic carbocycles. The molecule has 1 heterocycles. The fourth-order valence-electron chi connectivity index (χ4n) is 2.79. The SMILES string of the molecule is CN(CCCc1cc(-c2ccccc2)n[nH]1)S(=O)(=O)c1ccc(C#N)c(Cl)c1. The average Bonchev–Trinajstić information content (AvgIpc) is 3.17. The molecule has 0 unspecified atom stereocenters. The standard InChI is InChI=1S/C20H19ClN4O2S/c1-25(28(26,27)18-10-9-16(14-22)19(21)13-18)11-5-8-17-12-20(24-23-17)15-6-3-2-4-7-15/h2-4,6-7,9-10,12-13H,5,8,11H2,1H3,(H,23,24). The van der Waals surface area contributed by atoms with Crippen LogP contribution in [0.1, 0.15) is 17.7 Å². The highest BCUT2D eigenvalue weighted by molar-refractivity contribution is 7.89. The van der Waals surface area contributed by atoms with Gasteiger partial charge >= 0.3 is 0 Å². The van der Waals surface area contributed by atoms with Crippen LogP contribution in [0.15, 0.2) is 59.5 Å². The monoisotopic (exact) mass is 414 g/mol. The molecule has 2 aromatic carbocycles. The lowest BCUT2D eigenvalue weighted by Gasteiger charge is -2.17. The van der Waals surface area contributed by atoms with E-state index >= 15 is 0 Å². The van der Waals surface area contributed by atoms with E-state index in [1.54, 1.807) is 0 Å². The Morgan fingerprint density at radius 2 is 1.93 bits per heavy atom. The largest absolute Gasteiger partial charge is 0.282 e. The number of nitrogens with one attached hydrogen (secondary N) is 1. The van der Waals surface area contributed by atoms with Crippen LogP contribution in [-0.2, 0) is 16.4 Å². The molecule has 0 amide bonds. The Morgan fingerprint density at radius 3 is 2.61 bits per heavy atom. The Kier molecular flexibility index (Phi) is 6.15. The van der Waals surface area contributed by atoms with E-state index in [2.05, 4.69) is 10.2 Å². The lowest BCUT2D eigenvalue weighted by molar-refractivity contribution is 0.460. The smallest absolute Gasteiger partial charge is 0.242 e. The number of sulfonamides is 1. The Labute approximate surface area is 169 Å². The van der Waals surface area contributed by atoms with Crippen molar-refractivity contribution in [3.8, 4) is 17.3 Å². The van der Waals surface area contributed by atoms with Gasteiger partial charge in [-0.15, -0.1) is 0 Å². The molecule has 0 atom stereocenters. The van der Waals surface area contributed by atoms with Crippen molar-refractivity contribution in [1.82, 2.24) is 14.5 Å². The number of aromatic amines is 1.